The maximum absolute atomic E-state index is 12.6. The van der Waals surface area contributed by atoms with Gasteiger partial charge >= 0.3 is 6.18 Å². The van der Waals surface area contributed by atoms with E-state index in [-0.39, 0.29) is 0 Å². The fraction of sp³-hybridized carbons (Fsp3) is 0.273. The molecule has 0 aliphatic carbocycles. The highest BCUT2D eigenvalue weighted by molar-refractivity contribution is 7.71. The van der Waals surface area contributed by atoms with Gasteiger partial charge in [0.15, 0.2) is 10.6 Å². The quantitative estimate of drug-likeness (QED) is 0.847. The second kappa shape index (κ2) is 4.56. The van der Waals surface area contributed by atoms with Crippen LogP contribution in [0, 0.1) is 4.77 Å². The number of hydrogen-bond donors (Lipinski definition) is 1. The van der Waals surface area contributed by atoms with Crippen molar-refractivity contribution in [2.45, 2.75) is 19.6 Å². The molecule has 0 unspecified atom stereocenters. The normalized spacial score (nSPS) is 11.8. The largest absolute Gasteiger partial charge is 0.416 e. The maximum atomic E-state index is 12.6. The summed E-state index contributed by atoms with van der Waals surface area (Å²) in [6, 6.07) is 5.03. The number of hydrogen-bond acceptors (Lipinski definition) is 2. The van der Waals surface area contributed by atoms with Gasteiger partial charge in [0, 0.05) is 12.1 Å². The SMILES string of the molecule is CCn1c(-c2cccc(C(F)(F)F)c2)n[nH]c1=S. The highest BCUT2D eigenvalue weighted by atomic mass is 32.1. The van der Waals surface area contributed by atoms with Gasteiger partial charge in [-0.15, -0.1) is 0 Å². The molecule has 0 saturated heterocycles. The molecule has 0 spiro atoms. The van der Waals surface area contributed by atoms with Crippen LogP contribution in [0.4, 0.5) is 13.2 Å². The van der Waals surface area contributed by atoms with Crippen molar-refractivity contribution in [1.82, 2.24) is 14.8 Å². The Morgan fingerprint density at radius 3 is 2.72 bits per heavy atom. The molecular formula is C11H10F3N3S. The molecule has 1 aromatic carbocycles. The van der Waals surface area contributed by atoms with Crippen LogP contribution in [-0.4, -0.2) is 14.8 Å². The fourth-order valence-corrected chi connectivity index (χ4v) is 1.93. The smallest absolute Gasteiger partial charge is 0.300 e. The lowest BCUT2D eigenvalue weighted by molar-refractivity contribution is -0.137. The zero-order chi connectivity index (χ0) is 13.3. The summed E-state index contributed by atoms with van der Waals surface area (Å²) in [4.78, 5) is 0. The molecule has 1 heterocycles. The summed E-state index contributed by atoms with van der Waals surface area (Å²) in [5.41, 5.74) is -0.310. The number of alkyl halides is 3. The topological polar surface area (TPSA) is 33.6 Å². The van der Waals surface area contributed by atoms with Crippen molar-refractivity contribution < 1.29 is 13.2 Å². The van der Waals surface area contributed by atoms with Gasteiger partial charge in [-0.2, -0.15) is 18.3 Å². The molecule has 0 atom stereocenters. The lowest BCUT2D eigenvalue weighted by atomic mass is 10.1. The van der Waals surface area contributed by atoms with Crippen molar-refractivity contribution in [3.63, 3.8) is 0 Å². The minimum atomic E-state index is -4.36. The van der Waals surface area contributed by atoms with Crippen molar-refractivity contribution in [2.24, 2.45) is 0 Å². The van der Waals surface area contributed by atoms with Gasteiger partial charge in [0.2, 0.25) is 0 Å². The second-order valence-electron chi connectivity index (χ2n) is 3.68. The van der Waals surface area contributed by atoms with Crippen molar-refractivity contribution in [3.05, 3.63) is 34.6 Å². The summed E-state index contributed by atoms with van der Waals surface area (Å²) in [6.45, 7) is 2.39. The van der Waals surface area contributed by atoms with Crippen LogP contribution in [0.2, 0.25) is 0 Å². The van der Waals surface area contributed by atoms with Crippen molar-refractivity contribution in [1.29, 1.82) is 0 Å². The van der Waals surface area contributed by atoms with Gasteiger partial charge in [-0.25, -0.2) is 0 Å². The number of benzene rings is 1. The van der Waals surface area contributed by atoms with E-state index in [9.17, 15) is 13.2 Å². The maximum Gasteiger partial charge on any atom is 0.416 e. The molecule has 0 saturated carbocycles. The van der Waals surface area contributed by atoms with Crippen LogP contribution in [0.15, 0.2) is 24.3 Å². The van der Waals surface area contributed by atoms with Crippen molar-refractivity contribution in [2.75, 3.05) is 0 Å². The number of nitrogens with one attached hydrogen (secondary N) is 1. The number of aromatic nitrogens is 3. The minimum Gasteiger partial charge on any atom is -0.300 e. The van der Waals surface area contributed by atoms with Crippen LogP contribution in [0.5, 0.6) is 0 Å². The molecule has 18 heavy (non-hydrogen) atoms. The lowest BCUT2D eigenvalue weighted by Gasteiger charge is -2.08. The molecule has 0 bridgehead atoms. The molecule has 1 aromatic heterocycles. The van der Waals surface area contributed by atoms with Crippen LogP contribution in [-0.2, 0) is 12.7 Å². The third-order valence-corrected chi connectivity index (χ3v) is 2.83. The minimum absolute atomic E-state index is 0.388. The molecule has 2 aromatic rings. The summed E-state index contributed by atoms with van der Waals surface area (Å²) in [6.07, 6.45) is -4.36. The number of aromatic amines is 1. The average Bonchev–Trinajstić information content (AvgIpc) is 2.69. The second-order valence-corrected chi connectivity index (χ2v) is 4.06. The first-order chi connectivity index (χ1) is 8.43. The predicted molar refractivity (Wildman–Crippen MR) is 63.5 cm³/mol. The standard InChI is InChI=1S/C11H10F3N3S/c1-2-17-9(15-16-10(17)18)7-4-3-5-8(6-7)11(12,13)14/h3-6H,2H2,1H3,(H,16,18). The van der Waals surface area contributed by atoms with Gasteiger partial charge in [0.1, 0.15) is 0 Å². The Morgan fingerprint density at radius 1 is 1.39 bits per heavy atom. The molecule has 2 rings (SSSR count). The van der Waals surface area contributed by atoms with Gasteiger partial charge in [-0.05, 0) is 31.3 Å². The van der Waals surface area contributed by atoms with Gasteiger partial charge in [0.05, 0.1) is 5.56 Å². The van der Waals surface area contributed by atoms with Crippen LogP contribution >= 0.6 is 12.2 Å². The van der Waals surface area contributed by atoms with Gasteiger partial charge < -0.3 is 4.57 Å². The molecule has 0 fully saturated rings. The number of nitrogens with zero attached hydrogens (tertiary/aromatic N) is 2. The third kappa shape index (κ3) is 2.31. The van der Waals surface area contributed by atoms with Gasteiger partial charge in [-0.1, -0.05) is 12.1 Å². The molecule has 0 aliphatic heterocycles. The first-order valence-corrected chi connectivity index (χ1v) is 5.67. The predicted octanol–water partition coefficient (Wildman–Crippen LogP) is 3.65. The van der Waals surface area contributed by atoms with E-state index >= 15 is 0 Å². The molecule has 1 N–H and O–H groups in total. The van der Waals surface area contributed by atoms with E-state index in [0.717, 1.165) is 12.1 Å². The summed E-state index contributed by atoms with van der Waals surface area (Å²) in [5, 5.41) is 6.54. The van der Waals surface area contributed by atoms with Crippen LogP contribution in [0.3, 0.4) is 0 Å². The molecule has 0 aliphatic rings. The molecule has 3 nitrogen and oxygen atoms in total. The molecule has 7 heteroatoms. The van der Waals surface area contributed by atoms with E-state index in [1.54, 1.807) is 10.6 Å². The van der Waals surface area contributed by atoms with E-state index in [0.29, 0.717) is 22.7 Å². The zero-order valence-corrected chi connectivity index (χ0v) is 10.3. The molecule has 0 amide bonds. The highest BCUT2D eigenvalue weighted by Crippen LogP contribution is 2.31. The number of halogens is 3. The summed E-state index contributed by atoms with van der Waals surface area (Å²) in [7, 11) is 0. The average molecular weight is 273 g/mol. The van der Waals surface area contributed by atoms with Crippen LogP contribution in [0.25, 0.3) is 11.4 Å². The molecule has 0 radical (unpaired) electrons. The summed E-state index contributed by atoms with van der Waals surface area (Å²) >= 11 is 5.00. The van der Waals surface area contributed by atoms with E-state index in [2.05, 4.69) is 10.2 Å². The number of rotatable bonds is 2. The Bertz CT molecular complexity index is 612. The summed E-state index contributed by atoms with van der Waals surface area (Å²) < 4.78 is 39.9. The van der Waals surface area contributed by atoms with Gasteiger partial charge in [0.25, 0.3) is 0 Å². The molecular weight excluding hydrogens is 263 g/mol. The van der Waals surface area contributed by atoms with Crippen LogP contribution < -0.4 is 0 Å². The Balaban J connectivity index is 2.55. The Morgan fingerprint density at radius 2 is 2.11 bits per heavy atom. The van der Waals surface area contributed by atoms with E-state index in [1.807, 2.05) is 6.92 Å². The van der Waals surface area contributed by atoms with E-state index in [4.69, 9.17) is 12.2 Å². The summed E-state index contributed by atoms with van der Waals surface area (Å²) in [5.74, 6) is 0.411. The van der Waals surface area contributed by atoms with Crippen molar-refractivity contribution in [3.8, 4) is 11.4 Å². The zero-order valence-electron chi connectivity index (χ0n) is 9.45. The Hall–Kier alpha value is -1.63. The molecule has 96 valence electrons. The Labute approximate surface area is 106 Å². The van der Waals surface area contributed by atoms with Crippen molar-refractivity contribution >= 4 is 12.2 Å². The van der Waals surface area contributed by atoms with E-state index in [1.165, 1.54) is 6.07 Å². The van der Waals surface area contributed by atoms with E-state index < -0.39 is 11.7 Å². The third-order valence-electron chi connectivity index (χ3n) is 2.52. The monoisotopic (exact) mass is 273 g/mol. The first kappa shape index (κ1) is 12.8. The highest BCUT2D eigenvalue weighted by Gasteiger charge is 2.30. The first-order valence-electron chi connectivity index (χ1n) is 5.26. The number of H-pyrrole nitrogens is 1. The Kier molecular flexibility index (Phi) is 3.25. The van der Waals surface area contributed by atoms with Gasteiger partial charge in [-0.3, -0.25) is 5.10 Å². The van der Waals surface area contributed by atoms with Crippen LogP contribution in [0.1, 0.15) is 12.5 Å². The fourth-order valence-electron chi connectivity index (χ4n) is 1.67. The lowest BCUT2D eigenvalue weighted by Crippen LogP contribution is -2.05.